The molecule has 0 bridgehead atoms. The lowest BCUT2D eigenvalue weighted by Gasteiger charge is -2.19. The van der Waals surface area contributed by atoms with E-state index in [9.17, 15) is 4.39 Å². The SMILES string of the molecule is COc1cccc(F)c1C(C)NCc1nccn1C(C)C. The van der Waals surface area contributed by atoms with Gasteiger partial charge >= 0.3 is 0 Å². The zero-order valence-corrected chi connectivity index (χ0v) is 12.9. The normalized spacial score (nSPS) is 12.7. The zero-order chi connectivity index (χ0) is 15.4. The zero-order valence-electron chi connectivity index (χ0n) is 12.9. The maximum absolute atomic E-state index is 14.0. The van der Waals surface area contributed by atoms with E-state index in [0.717, 1.165) is 5.82 Å². The number of rotatable bonds is 6. The van der Waals surface area contributed by atoms with Crippen LogP contribution in [0.4, 0.5) is 4.39 Å². The fraction of sp³-hybridized carbons (Fsp3) is 0.438. The quantitative estimate of drug-likeness (QED) is 0.886. The van der Waals surface area contributed by atoms with E-state index in [2.05, 4.69) is 28.7 Å². The fourth-order valence-corrected chi connectivity index (χ4v) is 2.41. The van der Waals surface area contributed by atoms with Gasteiger partial charge in [-0.15, -0.1) is 0 Å². The van der Waals surface area contributed by atoms with Crippen molar-refractivity contribution in [3.8, 4) is 5.75 Å². The summed E-state index contributed by atoms with van der Waals surface area (Å²) >= 11 is 0. The van der Waals surface area contributed by atoms with Crippen molar-refractivity contribution in [3.05, 3.63) is 47.8 Å². The summed E-state index contributed by atoms with van der Waals surface area (Å²) in [4.78, 5) is 4.34. The molecule has 0 saturated carbocycles. The van der Waals surface area contributed by atoms with E-state index in [4.69, 9.17) is 4.74 Å². The molecule has 0 aliphatic rings. The van der Waals surface area contributed by atoms with Crippen LogP contribution in [0.15, 0.2) is 30.6 Å². The summed E-state index contributed by atoms with van der Waals surface area (Å²) in [6.45, 7) is 6.70. The number of hydrogen-bond acceptors (Lipinski definition) is 3. The lowest BCUT2D eigenvalue weighted by molar-refractivity contribution is 0.392. The average molecular weight is 291 g/mol. The number of hydrogen-bond donors (Lipinski definition) is 1. The van der Waals surface area contributed by atoms with Crippen LogP contribution in [-0.2, 0) is 6.54 Å². The number of methoxy groups -OCH3 is 1. The summed E-state index contributed by atoms with van der Waals surface area (Å²) in [5, 5.41) is 3.31. The molecule has 1 N–H and O–H groups in total. The van der Waals surface area contributed by atoms with E-state index in [1.165, 1.54) is 6.07 Å². The van der Waals surface area contributed by atoms with Crippen LogP contribution in [0.2, 0.25) is 0 Å². The van der Waals surface area contributed by atoms with Gasteiger partial charge in [-0.2, -0.15) is 0 Å². The molecule has 0 aliphatic heterocycles. The van der Waals surface area contributed by atoms with Gasteiger partial charge in [0.05, 0.1) is 13.7 Å². The molecule has 0 amide bonds. The van der Waals surface area contributed by atoms with E-state index < -0.39 is 0 Å². The highest BCUT2D eigenvalue weighted by Gasteiger charge is 2.17. The second kappa shape index (κ2) is 6.72. The van der Waals surface area contributed by atoms with Gasteiger partial charge in [0.25, 0.3) is 0 Å². The Kier molecular flexibility index (Phi) is 4.96. The maximum atomic E-state index is 14.0. The van der Waals surface area contributed by atoms with Crippen molar-refractivity contribution >= 4 is 0 Å². The first-order valence-electron chi connectivity index (χ1n) is 7.12. The molecule has 2 aromatic rings. The van der Waals surface area contributed by atoms with Crippen molar-refractivity contribution in [2.75, 3.05) is 7.11 Å². The Morgan fingerprint density at radius 3 is 2.76 bits per heavy atom. The maximum Gasteiger partial charge on any atom is 0.131 e. The van der Waals surface area contributed by atoms with Crippen LogP contribution in [0.3, 0.4) is 0 Å². The van der Waals surface area contributed by atoms with Crippen LogP contribution >= 0.6 is 0 Å². The molecule has 0 saturated heterocycles. The lowest BCUT2D eigenvalue weighted by atomic mass is 10.1. The molecular formula is C16H22FN3O. The van der Waals surface area contributed by atoms with Gasteiger partial charge in [0.15, 0.2) is 0 Å². The minimum absolute atomic E-state index is 0.168. The van der Waals surface area contributed by atoms with E-state index >= 15 is 0 Å². The second-order valence-electron chi connectivity index (χ2n) is 5.30. The first kappa shape index (κ1) is 15.5. The topological polar surface area (TPSA) is 39.1 Å². The Balaban J connectivity index is 2.12. The van der Waals surface area contributed by atoms with Gasteiger partial charge in [0, 0.05) is 30.0 Å². The molecule has 4 nitrogen and oxygen atoms in total. The Bertz CT molecular complexity index is 595. The molecule has 21 heavy (non-hydrogen) atoms. The highest BCUT2D eigenvalue weighted by molar-refractivity contribution is 5.36. The molecular weight excluding hydrogens is 269 g/mol. The molecule has 1 heterocycles. The molecule has 0 spiro atoms. The standard InChI is InChI=1S/C16H22FN3O/c1-11(2)20-9-8-18-15(20)10-19-12(3)16-13(17)6-5-7-14(16)21-4/h5-9,11-12,19H,10H2,1-4H3. The third-order valence-electron chi connectivity index (χ3n) is 3.54. The first-order chi connectivity index (χ1) is 10.0. The second-order valence-corrected chi connectivity index (χ2v) is 5.30. The van der Waals surface area contributed by atoms with Gasteiger partial charge in [-0.25, -0.2) is 9.37 Å². The molecule has 1 unspecified atom stereocenters. The number of halogens is 1. The summed E-state index contributed by atoms with van der Waals surface area (Å²) in [7, 11) is 1.55. The number of nitrogens with one attached hydrogen (secondary N) is 1. The molecule has 1 aromatic heterocycles. The van der Waals surface area contributed by atoms with Crippen LogP contribution in [-0.4, -0.2) is 16.7 Å². The van der Waals surface area contributed by atoms with E-state index in [1.807, 2.05) is 13.1 Å². The van der Waals surface area contributed by atoms with Crippen LogP contribution in [0.1, 0.15) is 44.2 Å². The van der Waals surface area contributed by atoms with Crippen molar-refractivity contribution in [1.29, 1.82) is 0 Å². The Morgan fingerprint density at radius 2 is 2.10 bits per heavy atom. The Morgan fingerprint density at radius 1 is 1.33 bits per heavy atom. The van der Waals surface area contributed by atoms with Crippen molar-refractivity contribution in [1.82, 2.24) is 14.9 Å². The van der Waals surface area contributed by atoms with Crippen LogP contribution in [0, 0.1) is 5.82 Å². The van der Waals surface area contributed by atoms with E-state index in [-0.39, 0.29) is 11.9 Å². The number of ether oxygens (including phenoxy) is 1. The van der Waals surface area contributed by atoms with Crippen molar-refractivity contribution in [3.63, 3.8) is 0 Å². The minimum atomic E-state index is -0.262. The van der Waals surface area contributed by atoms with Gasteiger partial charge in [0.1, 0.15) is 17.4 Å². The molecule has 0 radical (unpaired) electrons. The third-order valence-corrected chi connectivity index (χ3v) is 3.54. The molecule has 1 atom stereocenters. The van der Waals surface area contributed by atoms with E-state index in [1.54, 1.807) is 25.4 Å². The van der Waals surface area contributed by atoms with Crippen LogP contribution in [0.25, 0.3) is 0 Å². The largest absolute Gasteiger partial charge is 0.496 e. The van der Waals surface area contributed by atoms with Gasteiger partial charge in [-0.1, -0.05) is 6.07 Å². The smallest absolute Gasteiger partial charge is 0.131 e. The molecule has 114 valence electrons. The number of imidazole rings is 1. The summed E-state index contributed by atoms with van der Waals surface area (Å²) in [6, 6.07) is 5.05. The molecule has 2 rings (SSSR count). The predicted octanol–water partition coefficient (Wildman–Crippen LogP) is 3.46. The molecule has 0 aliphatic carbocycles. The molecule has 0 fully saturated rings. The van der Waals surface area contributed by atoms with Crippen molar-refractivity contribution in [2.24, 2.45) is 0 Å². The monoisotopic (exact) mass is 291 g/mol. The lowest BCUT2D eigenvalue weighted by Crippen LogP contribution is -2.22. The Labute approximate surface area is 125 Å². The van der Waals surface area contributed by atoms with Gasteiger partial charge < -0.3 is 14.6 Å². The third kappa shape index (κ3) is 3.42. The highest BCUT2D eigenvalue weighted by Crippen LogP contribution is 2.27. The molecule has 5 heteroatoms. The van der Waals surface area contributed by atoms with Gasteiger partial charge in [-0.3, -0.25) is 0 Å². The number of aromatic nitrogens is 2. The van der Waals surface area contributed by atoms with E-state index in [0.29, 0.717) is 23.9 Å². The average Bonchev–Trinajstić information content (AvgIpc) is 2.93. The van der Waals surface area contributed by atoms with Crippen molar-refractivity contribution in [2.45, 2.75) is 39.4 Å². The summed E-state index contributed by atoms with van der Waals surface area (Å²) in [5.41, 5.74) is 0.544. The van der Waals surface area contributed by atoms with Gasteiger partial charge in [0.2, 0.25) is 0 Å². The summed E-state index contributed by atoms with van der Waals surface area (Å²) in [5.74, 6) is 1.23. The van der Waals surface area contributed by atoms with Crippen LogP contribution < -0.4 is 10.1 Å². The molecule has 1 aromatic carbocycles. The number of benzene rings is 1. The minimum Gasteiger partial charge on any atom is -0.496 e. The predicted molar refractivity (Wildman–Crippen MR) is 80.8 cm³/mol. The van der Waals surface area contributed by atoms with Crippen molar-refractivity contribution < 1.29 is 9.13 Å². The fourth-order valence-electron chi connectivity index (χ4n) is 2.41. The summed E-state index contributed by atoms with van der Waals surface area (Å²) in [6.07, 6.45) is 3.74. The highest BCUT2D eigenvalue weighted by atomic mass is 19.1. The van der Waals surface area contributed by atoms with Gasteiger partial charge in [-0.05, 0) is 32.9 Å². The number of nitrogens with zero attached hydrogens (tertiary/aromatic N) is 2. The summed E-state index contributed by atoms with van der Waals surface area (Å²) < 4.78 is 21.4. The first-order valence-corrected chi connectivity index (χ1v) is 7.12. The van der Waals surface area contributed by atoms with Crippen LogP contribution in [0.5, 0.6) is 5.75 Å². The Hall–Kier alpha value is -1.88.